The van der Waals surface area contributed by atoms with Crippen molar-refractivity contribution in [2.24, 2.45) is 5.10 Å². The van der Waals surface area contributed by atoms with Crippen LogP contribution in [-0.4, -0.2) is 60.2 Å². The minimum atomic E-state index is -4.67. The Bertz CT molecular complexity index is 1300. The van der Waals surface area contributed by atoms with E-state index in [9.17, 15) is 22.6 Å². The molecule has 238 valence electrons. The van der Waals surface area contributed by atoms with Crippen LogP contribution < -0.4 is 15.1 Å². The summed E-state index contributed by atoms with van der Waals surface area (Å²) in [6.07, 6.45) is 19.0. The third-order valence-electron chi connectivity index (χ3n) is 7.49. The number of hydrogen-bond donors (Lipinski definition) is 2. The van der Waals surface area contributed by atoms with E-state index in [1.54, 1.807) is 30.3 Å². The Morgan fingerprint density at radius 1 is 0.864 bits per heavy atom. The van der Waals surface area contributed by atoms with Crippen molar-refractivity contribution in [1.29, 1.82) is 0 Å². The van der Waals surface area contributed by atoms with Crippen LogP contribution in [0.2, 0.25) is 0 Å². The summed E-state index contributed by atoms with van der Waals surface area (Å²) in [5.74, 6) is -0.137. The van der Waals surface area contributed by atoms with Crippen molar-refractivity contribution >= 4 is 63.0 Å². The average molecular weight is 638 g/mol. The number of carbonyl (C=O) groups excluding carboxylic acids is 2. The van der Waals surface area contributed by atoms with Gasteiger partial charge in [0.15, 0.2) is 0 Å². The summed E-state index contributed by atoms with van der Waals surface area (Å²) in [7, 11) is -4.67. The van der Waals surface area contributed by atoms with Crippen LogP contribution in [0.15, 0.2) is 58.5 Å². The summed E-state index contributed by atoms with van der Waals surface area (Å²) in [4.78, 5) is 24.6. The predicted molar refractivity (Wildman–Crippen MR) is 177 cm³/mol. The summed E-state index contributed by atoms with van der Waals surface area (Å²) in [6, 6.07) is 12.5. The first-order valence-electron chi connectivity index (χ1n) is 15.8. The van der Waals surface area contributed by atoms with E-state index in [4.69, 9.17) is 4.74 Å². The number of hydrogen-bond acceptors (Lipinski definition) is 6. The van der Waals surface area contributed by atoms with Gasteiger partial charge in [-0.1, -0.05) is 115 Å². The third-order valence-corrected chi connectivity index (χ3v) is 8.36. The van der Waals surface area contributed by atoms with Crippen molar-refractivity contribution in [3.63, 3.8) is 0 Å². The Morgan fingerprint density at radius 2 is 1.41 bits per heavy atom. The molecule has 2 aromatic carbocycles. The molecule has 0 atom stereocenters. The van der Waals surface area contributed by atoms with E-state index < -0.39 is 20.9 Å². The van der Waals surface area contributed by atoms with E-state index in [-0.39, 0.29) is 59.2 Å². The number of benzene rings is 2. The molecule has 2 aromatic rings. The molecule has 0 bridgehead atoms. The zero-order valence-electron chi connectivity index (χ0n) is 25.4. The van der Waals surface area contributed by atoms with Gasteiger partial charge in [0.2, 0.25) is 5.91 Å². The number of carbonyl (C=O) groups is 2. The zero-order chi connectivity index (χ0) is 30.9. The second-order valence-electron chi connectivity index (χ2n) is 11.2. The van der Waals surface area contributed by atoms with Crippen LogP contribution in [0.1, 0.15) is 116 Å². The van der Waals surface area contributed by atoms with Crippen molar-refractivity contribution in [2.45, 2.75) is 121 Å². The maximum absolute atomic E-state index is 12.6. The van der Waals surface area contributed by atoms with Crippen LogP contribution in [0.25, 0.3) is 0 Å². The summed E-state index contributed by atoms with van der Waals surface area (Å²) in [5, 5.41) is 7.91. The number of unbranched alkanes of at least 4 members (excludes halogenated alkanes) is 14. The molecule has 2 N–H and O–H groups in total. The SMILES string of the molecule is CCCCCCCCCCCCCCCCCC(=O)NC1=NN(c2ccc(Oc3ccccc3)c(S(=O)(=O)O)c2)C(=O)C1.[NaH]. The molecule has 0 saturated carbocycles. The van der Waals surface area contributed by atoms with Crippen molar-refractivity contribution in [3.05, 3.63) is 48.5 Å². The molecule has 0 fully saturated rings. The summed E-state index contributed by atoms with van der Waals surface area (Å²) in [6.45, 7) is 2.25. The van der Waals surface area contributed by atoms with Gasteiger partial charge in [-0.05, 0) is 36.8 Å². The molecule has 44 heavy (non-hydrogen) atoms. The number of nitrogens with zero attached hydrogens (tertiary/aromatic N) is 2. The van der Waals surface area contributed by atoms with Gasteiger partial charge in [0.1, 0.15) is 22.2 Å². The topological polar surface area (TPSA) is 125 Å². The molecule has 0 unspecified atom stereocenters. The molecule has 11 heteroatoms. The number of rotatable bonds is 20. The van der Waals surface area contributed by atoms with Crippen LogP contribution in [0.3, 0.4) is 0 Å². The van der Waals surface area contributed by atoms with Gasteiger partial charge in [-0.15, -0.1) is 0 Å². The Balaban J connectivity index is 0.00000675. The fourth-order valence-corrected chi connectivity index (χ4v) is 5.74. The molecule has 0 aromatic heterocycles. The van der Waals surface area contributed by atoms with Crippen molar-refractivity contribution in [1.82, 2.24) is 5.32 Å². The van der Waals surface area contributed by atoms with E-state index >= 15 is 0 Å². The van der Waals surface area contributed by atoms with Gasteiger partial charge in [-0.2, -0.15) is 18.5 Å². The Hall–Kier alpha value is -2.24. The summed E-state index contributed by atoms with van der Waals surface area (Å²) < 4.78 is 39.5. The normalized spacial score (nSPS) is 13.0. The Morgan fingerprint density at radius 3 is 1.95 bits per heavy atom. The van der Waals surface area contributed by atoms with Gasteiger partial charge >= 0.3 is 29.6 Å². The first kappa shape index (κ1) is 37.9. The van der Waals surface area contributed by atoms with E-state index in [2.05, 4.69) is 17.3 Å². The number of hydrazone groups is 1. The van der Waals surface area contributed by atoms with Gasteiger partial charge in [-0.3, -0.25) is 14.1 Å². The van der Waals surface area contributed by atoms with E-state index in [0.29, 0.717) is 12.2 Å². The van der Waals surface area contributed by atoms with Crippen LogP contribution in [0.4, 0.5) is 5.69 Å². The van der Waals surface area contributed by atoms with Crippen LogP contribution in [-0.2, 0) is 19.7 Å². The average Bonchev–Trinajstić information content (AvgIpc) is 3.34. The van der Waals surface area contributed by atoms with Gasteiger partial charge < -0.3 is 10.1 Å². The van der Waals surface area contributed by atoms with E-state index in [1.807, 2.05) is 0 Å². The van der Waals surface area contributed by atoms with Crippen molar-refractivity contribution < 1.29 is 27.3 Å². The second kappa shape index (κ2) is 20.7. The molecular weight excluding hydrogens is 589 g/mol. The molecule has 0 radical (unpaired) electrons. The van der Waals surface area contributed by atoms with Crippen molar-refractivity contribution in [3.8, 4) is 11.5 Å². The molecule has 1 aliphatic heterocycles. The fourth-order valence-electron chi connectivity index (χ4n) is 5.11. The molecule has 9 nitrogen and oxygen atoms in total. The van der Waals surface area contributed by atoms with Gasteiger partial charge in [-0.25, -0.2) is 0 Å². The third kappa shape index (κ3) is 13.8. The number of para-hydroxylation sites is 1. The number of amides is 2. The molecule has 2 amide bonds. The Kier molecular flexibility index (Phi) is 17.9. The van der Waals surface area contributed by atoms with Crippen LogP contribution in [0, 0.1) is 0 Å². The first-order chi connectivity index (χ1) is 20.8. The standard InChI is InChI=1S/C33H47N3O6S.Na.H/c1-2-3-4-5-6-7-8-9-10-11-12-13-14-15-19-22-32(37)34-31-26-33(38)36(35-31)27-23-24-29(30(25-27)43(39,40)41)42-28-20-17-16-18-21-28;;/h16-18,20-21,23-25H,2-15,19,22,26H2,1H3,(H,34,35,37)(H,39,40,41);;. The van der Waals surface area contributed by atoms with Gasteiger partial charge in [0.05, 0.1) is 12.1 Å². The predicted octanol–water partition coefficient (Wildman–Crippen LogP) is 7.51. The fraction of sp³-hybridized carbons (Fsp3) is 0.545. The van der Waals surface area contributed by atoms with E-state index in [1.165, 1.54) is 89.2 Å². The minimum absolute atomic E-state index is 0. The van der Waals surface area contributed by atoms with Crippen LogP contribution in [0.5, 0.6) is 11.5 Å². The maximum atomic E-state index is 12.6. The molecule has 1 heterocycles. The number of nitrogens with one attached hydrogen (secondary N) is 1. The molecule has 0 aliphatic carbocycles. The van der Waals surface area contributed by atoms with Crippen molar-refractivity contribution in [2.75, 3.05) is 5.01 Å². The first-order valence-corrected chi connectivity index (χ1v) is 17.3. The Labute approximate surface area is 285 Å². The molecule has 3 rings (SSSR count). The molecular formula is C33H48N3NaO6S. The van der Waals surface area contributed by atoms with Gasteiger partial charge in [0.25, 0.3) is 16.0 Å². The molecule has 0 spiro atoms. The zero-order valence-corrected chi connectivity index (χ0v) is 26.2. The second-order valence-corrected chi connectivity index (χ2v) is 12.6. The molecule has 0 saturated heterocycles. The summed E-state index contributed by atoms with van der Waals surface area (Å²) in [5.41, 5.74) is 0.129. The van der Waals surface area contributed by atoms with Crippen LogP contribution >= 0.6 is 0 Å². The number of amidine groups is 1. The number of anilines is 1. The van der Waals surface area contributed by atoms with Gasteiger partial charge in [0, 0.05) is 6.42 Å². The quantitative estimate of drug-likeness (QED) is 0.0880. The monoisotopic (exact) mass is 637 g/mol. The number of ether oxygens (including phenoxy) is 1. The summed E-state index contributed by atoms with van der Waals surface area (Å²) >= 11 is 0. The van der Waals surface area contributed by atoms with E-state index in [0.717, 1.165) is 30.3 Å². The molecule has 1 aliphatic rings.